The zero-order valence-electron chi connectivity index (χ0n) is 21.9. The molecule has 0 aliphatic carbocycles. The average Bonchev–Trinajstić information content (AvgIpc) is 3.13. The van der Waals surface area contributed by atoms with Gasteiger partial charge in [0.2, 0.25) is 11.8 Å². The van der Waals surface area contributed by atoms with Gasteiger partial charge in [0, 0.05) is 31.7 Å². The first-order valence-corrected chi connectivity index (χ1v) is 12.1. The van der Waals surface area contributed by atoms with Crippen molar-refractivity contribution in [1.29, 1.82) is 0 Å². The second-order valence-electron chi connectivity index (χ2n) is 7.97. The third-order valence-corrected chi connectivity index (χ3v) is 4.51. The van der Waals surface area contributed by atoms with E-state index < -0.39 is 12.1 Å². The Morgan fingerprint density at radius 3 is 1.97 bits per heavy atom. The number of carbonyl (C=O) groups is 6. The molecular formula is C24H43N5O6. The first kappa shape index (κ1) is 33.9. The third kappa shape index (κ3) is 16.9. The Balaban J connectivity index is 0. The lowest BCUT2D eigenvalue weighted by atomic mass is 10.0. The molecule has 11 nitrogen and oxygen atoms in total. The van der Waals surface area contributed by atoms with E-state index in [2.05, 4.69) is 16.0 Å². The molecule has 1 heterocycles. The first-order valence-electron chi connectivity index (χ1n) is 12.1. The Kier molecular flexibility index (Phi) is 19.5. The van der Waals surface area contributed by atoms with Crippen molar-refractivity contribution >= 4 is 35.4 Å². The number of primary amides is 1. The van der Waals surface area contributed by atoms with Crippen molar-refractivity contribution in [3.63, 3.8) is 0 Å². The van der Waals surface area contributed by atoms with Crippen molar-refractivity contribution in [3.05, 3.63) is 12.2 Å². The number of carbonyl (C=O) groups excluding carboxylic acids is 6. The average molecular weight is 498 g/mol. The monoisotopic (exact) mass is 497 g/mol. The fraction of sp³-hybridized carbons (Fsp3) is 0.667. The van der Waals surface area contributed by atoms with Crippen LogP contribution in [0, 0.1) is 5.92 Å². The summed E-state index contributed by atoms with van der Waals surface area (Å²) in [5, 5.41) is 7.64. The number of nitrogens with zero attached hydrogens (tertiary/aromatic N) is 1. The molecule has 1 aliphatic heterocycles. The molecule has 1 unspecified atom stereocenters. The largest absolute Gasteiger partial charge is 0.352 e. The van der Waals surface area contributed by atoms with Gasteiger partial charge in [-0.1, -0.05) is 41.0 Å². The molecule has 0 saturated heterocycles. The number of amides is 6. The summed E-state index contributed by atoms with van der Waals surface area (Å²) in [6, 6.07) is -1.13. The molecule has 0 aromatic rings. The van der Waals surface area contributed by atoms with Crippen molar-refractivity contribution in [2.24, 2.45) is 11.7 Å². The van der Waals surface area contributed by atoms with Gasteiger partial charge >= 0.3 is 6.03 Å². The number of urea groups is 1. The Morgan fingerprint density at radius 2 is 1.54 bits per heavy atom. The summed E-state index contributed by atoms with van der Waals surface area (Å²) in [5.41, 5.74) is 4.73. The van der Waals surface area contributed by atoms with Gasteiger partial charge in [0.15, 0.2) is 0 Å². The number of rotatable bonds is 13. The smallest absolute Gasteiger partial charge is 0.312 e. The highest BCUT2D eigenvalue weighted by Crippen LogP contribution is 2.08. The van der Waals surface area contributed by atoms with Crippen molar-refractivity contribution in [3.8, 4) is 0 Å². The van der Waals surface area contributed by atoms with E-state index in [1.165, 1.54) is 24.0 Å². The number of ketones is 1. The third-order valence-electron chi connectivity index (χ3n) is 4.51. The Morgan fingerprint density at radius 1 is 0.971 bits per heavy atom. The molecule has 0 aromatic heterocycles. The standard InChI is InChI=1S/C18H27N3O5.C4H10N2O.C2H6/c1-12(2)17(18(26)19-11-13(3)22)20-14(23)7-5-4-6-10-21-15(24)8-9-16(21)25;1-2-3-6-4(5)7;1-2/h8-9,12,17H,4-7,10-11H2,1-3H3,(H,19,26)(H,20,23);2-3H2,1H3,(H3,5,6,7);1-2H3. The number of unbranched alkanes of at least 4 members (excludes halogenated alkanes) is 2. The summed E-state index contributed by atoms with van der Waals surface area (Å²) in [7, 11) is 0. The maximum atomic E-state index is 12.1. The molecule has 5 N–H and O–H groups in total. The van der Waals surface area contributed by atoms with Crippen LogP contribution in [0.5, 0.6) is 0 Å². The number of imide groups is 1. The van der Waals surface area contributed by atoms with Crippen molar-refractivity contribution in [2.75, 3.05) is 19.6 Å². The van der Waals surface area contributed by atoms with Gasteiger partial charge in [-0.2, -0.15) is 0 Å². The van der Waals surface area contributed by atoms with E-state index in [0.29, 0.717) is 32.4 Å². The van der Waals surface area contributed by atoms with Crippen molar-refractivity contribution in [2.45, 2.75) is 79.7 Å². The highest BCUT2D eigenvalue weighted by atomic mass is 16.2. The van der Waals surface area contributed by atoms with Gasteiger partial charge in [-0.05, 0) is 32.1 Å². The van der Waals surface area contributed by atoms with Crippen LogP contribution >= 0.6 is 0 Å². The molecule has 0 aromatic carbocycles. The number of nitrogens with two attached hydrogens (primary N) is 1. The summed E-state index contributed by atoms with van der Waals surface area (Å²) < 4.78 is 0. The van der Waals surface area contributed by atoms with Crippen LogP contribution in [0.25, 0.3) is 0 Å². The van der Waals surface area contributed by atoms with E-state index in [0.717, 1.165) is 6.42 Å². The summed E-state index contributed by atoms with van der Waals surface area (Å²) in [6.07, 6.45) is 5.59. The quantitative estimate of drug-likeness (QED) is 0.222. The molecule has 0 radical (unpaired) electrons. The van der Waals surface area contributed by atoms with Gasteiger partial charge in [-0.15, -0.1) is 0 Å². The molecule has 1 atom stereocenters. The number of hydrogen-bond acceptors (Lipinski definition) is 6. The number of Topliss-reactive ketones (excluding diaryl/α,β-unsaturated/α-hetero) is 1. The summed E-state index contributed by atoms with van der Waals surface area (Å²) in [5.74, 6) is -1.48. The van der Waals surface area contributed by atoms with Crippen LogP contribution in [0.3, 0.4) is 0 Å². The van der Waals surface area contributed by atoms with E-state index >= 15 is 0 Å². The van der Waals surface area contributed by atoms with E-state index in [4.69, 9.17) is 5.73 Å². The molecule has 11 heteroatoms. The molecule has 1 aliphatic rings. The summed E-state index contributed by atoms with van der Waals surface area (Å²) in [4.78, 5) is 68.9. The predicted octanol–water partition coefficient (Wildman–Crippen LogP) is 1.41. The van der Waals surface area contributed by atoms with Crippen LogP contribution in [-0.4, -0.2) is 66.0 Å². The molecule has 0 saturated carbocycles. The van der Waals surface area contributed by atoms with Gasteiger partial charge in [0.05, 0.1) is 6.54 Å². The van der Waals surface area contributed by atoms with Crippen molar-refractivity contribution in [1.82, 2.24) is 20.9 Å². The molecule has 0 fully saturated rings. The minimum Gasteiger partial charge on any atom is -0.352 e. The van der Waals surface area contributed by atoms with Crippen LogP contribution in [0.1, 0.15) is 73.6 Å². The highest BCUT2D eigenvalue weighted by molar-refractivity contribution is 6.12. The second kappa shape index (κ2) is 20.2. The normalized spacial score (nSPS) is 12.7. The Hall–Kier alpha value is -3.24. The molecular weight excluding hydrogens is 454 g/mol. The van der Waals surface area contributed by atoms with Gasteiger partial charge in [-0.25, -0.2) is 4.79 Å². The lowest BCUT2D eigenvalue weighted by Gasteiger charge is -2.21. The van der Waals surface area contributed by atoms with E-state index in [1.807, 2.05) is 34.6 Å². The van der Waals surface area contributed by atoms with Crippen LogP contribution in [0.15, 0.2) is 12.2 Å². The zero-order chi connectivity index (χ0) is 27.4. The lowest BCUT2D eigenvalue weighted by Crippen LogP contribution is -2.50. The number of hydrogen-bond donors (Lipinski definition) is 4. The predicted molar refractivity (Wildman–Crippen MR) is 134 cm³/mol. The summed E-state index contributed by atoms with van der Waals surface area (Å²) >= 11 is 0. The lowest BCUT2D eigenvalue weighted by molar-refractivity contribution is -0.137. The first-order chi connectivity index (χ1) is 16.5. The molecule has 6 amide bonds. The van der Waals surface area contributed by atoms with Gasteiger partial charge in [0.1, 0.15) is 11.8 Å². The Bertz CT molecular complexity index is 718. The zero-order valence-corrected chi connectivity index (χ0v) is 21.9. The van der Waals surface area contributed by atoms with Gasteiger partial charge in [0.25, 0.3) is 11.8 Å². The topological polar surface area (TPSA) is 168 Å². The Labute approximate surface area is 208 Å². The maximum Gasteiger partial charge on any atom is 0.312 e. The second-order valence-corrected chi connectivity index (χ2v) is 7.97. The SMILES string of the molecule is CC.CC(=O)CNC(=O)C(NC(=O)CCCCCN1C(=O)C=CC1=O)C(C)C.CCCNC(N)=O. The van der Waals surface area contributed by atoms with Gasteiger partial charge < -0.3 is 21.7 Å². The molecule has 0 spiro atoms. The highest BCUT2D eigenvalue weighted by Gasteiger charge is 2.24. The van der Waals surface area contributed by atoms with Crippen LogP contribution in [0.4, 0.5) is 4.79 Å². The molecule has 1 rings (SSSR count). The minimum absolute atomic E-state index is 0.0548. The minimum atomic E-state index is -0.687. The summed E-state index contributed by atoms with van der Waals surface area (Å²) in [6.45, 7) is 11.9. The van der Waals surface area contributed by atoms with Crippen LogP contribution in [-0.2, 0) is 24.0 Å². The van der Waals surface area contributed by atoms with E-state index in [-0.39, 0.29) is 48.3 Å². The fourth-order valence-electron chi connectivity index (χ4n) is 2.73. The van der Waals surface area contributed by atoms with Gasteiger partial charge in [-0.3, -0.25) is 28.9 Å². The molecule has 35 heavy (non-hydrogen) atoms. The maximum absolute atomic E-state index is 12.1. The van der Waals surface area contributed by atoms with Crippen LogP contribution < -0.4 is 21.7 Å². The van der Waals surface area contributed by atoms with E-state index in [1.54, 1.807) is 0 Å². The number of nitrogens with one attached hydrogen (secondary N) is 3. The molecule has 200 valence electrons. The van der Waals surface area contributed by atoms with Crippen molar-refractivity contribution < 1.29 is 28.8 Å². The van der Waals surface area contributed by atoms with E-state index in [9.17, 15) is 28.8 Å². The molecule has 0 bridgehead atoms. The fourth-order valence-corrected chi connectivity index (χ4v) is 2.73. The van der Waals surface area contributed by atoms with Crippen LogP contribution in [0.2, 0.25) is 0 Å².